The molecular formula is C14H23N3O2. The number of amides is 1. The van der Waals surface area contributed by atoms with Crippen molar-refractivity contribution in [3.05, 3.63) is 24.0 Å². The van der Waals surface area contributed by atoms with Crippen LogP contribution in [0.2, 0.25) is 0 Å². The highest BCUT2D eigenvalue weighted by molar-refractivity contribution is 5.97. The average Bonchev–Trinajstić information content (AvgIpc) is 2.76. The molecule has 0 saturated carbocycles. The number of Topliss-reactive ketones (excluding diaryl/α,β-unsaturated/α-hetero) is 1. The Hall–Kier alpha value is -1.62. The van der Waals surface area contributed by atoms with Crippen LogP contribution in [0.15, 0.2) is 18.5 Å². The van der Waals surface area contributed by atoms with E-state index in [0.29, 0.717) is 12.1 Å². The summed E-state index contributed by atoms with van der Waals surface area (Å²) in [5, 5.41) is 0. The van der Waals surface area contributed by atoms with Gasteiger partial charge in [-0.05, 0) is 19.0 Å². The van der Waals surface area contributed by atoms with Crippen LogP contribution in [0, 0.1) is 0 Å². The number of ketones is 1. The van der Waals surface area contributed by atoms with Gasteiger partial charge in [0.1, 0.15) is 0 Å². The standard InChI is InChI=1S/C14H23N3O2/c1-5-7-17(11-14(19)15(2)3)10-13(18)12-6-8-16(4)9-12/h6,8-9H,5,7,10-11H2,1-4H3. The molecule has 0 aliphatic rings. The van der Waals surface area contributed by atoms with Crippen molar-refractivity contribution in [1.29, 1.82) is 0 Å². The van der Waals surface area contributed by atoms with Crippen molar-refractivity contribution in [2.75, 3.05) is 33.7 Å². The summed E-state index contributed by atoms with van der Waals surface area (Å²) in [5.74, 6) is 0.0786. The molecule has 19 heavy (non-hydrogen) atoms. The molecule has 5 nitrogen and oxygen atoms in total. The highest BCUT2D eigenvalue weighted by atomic mass is 16.2. The summed E-state index contributed by atoms with van der Waals surface area (Å²) in [7, 11) is 5.34. The van der Waals surface area contributed by atoms with Crippen LogP contribution in [0.4, 0.5) is 0 Å². The minimum atomic E-state index is 0.0225. The van der Waals surface area contributed by atoms with Crippen LogP contribution in [0.25, 0.3) is 0 Å². The molecule has 1 amide bonds. The number of aromatic nitrogens is 1. The van der Waals surface area contributed by atoms with Gasteiger partial charge >= 0.3 is 0 Å². The first kappa shape index (κ1) is 15.4. The van der Waals surface area contributed by atoms with Gasteiger partial charge < -0.3 is 9.47 Å². The Morgan fingerprint density at radius 3 is 2.42 bits per heavy atom. The highest BCUT2D eigenvalue weighted by Crippen LogP contribution is 2.04. The summed E-state index contributed by atoms with van der Waals surface area (Å²) >= 11 is 0. The lowest BCUT2D eigenvalue weighted by Gasteiger charge is -2.22. The zero-order valence-corrected chi connectivity index (χ0v) is 12.2. The molecule has 0 unspecified atom stereocenters. The summed E-state index contributed by atoms with van der Waals surface area (Å²) in [4.78, 5) is 27.3. The molecule has 1 aromatic heterocycles. The Morgan fingerprint density at radius 2 is 1.95 bits per heavy atom. The summed E-state index contributed by atoms with van der Waals surface area (Å²) in [6.07, 6.45) is 4.57. The van der Waals surface area contributed by atoms with Crippen molar-refractivity contribution >= 4 is 11.7 Å². The maximum atomic E-state index is 12.1. The van der Waals surface area contributed by atoms with Crippen LogP contribution < -0.4 is 0 Å². The monoisotopic (exact) mass is 265 g/mol. The largest absolute Gasteiger partial charge is 0.357 e. The minimum Gasteiger partial charge on any atom is -0.357 e. The molecule has 0 aromatic carbocycles. The maximum absolute atomic E-state index is 12.1. The van der Waals surface area contributed by atoms with E-state index in [-0.39, 0.29) is 18.2 Å². The van der Waals surface area contributed by atoms with Crippen molar-refractivity contribution in [2.24, 2.45) is 7.05 Å². The number of aryl methyl sites for hydroxylation is 1. The van der Waals surface area contributed by atoms with Crippen molar-refractivity contribution < 1.29 is 9.59 Å². The first-order valence-electron chi connectivity index (χ1n) is 6.51. The van der Waals surface area contributed by atoms with Gasteiger partial charge in [0.05, 0.1) is 13.1 Å². The third-order valence-electron chi connectivity index (χ3n) is 2.92. The van der Waals surface area contributed by atoms with Crippen molar-refractivity contribution in [3.63, 3.8) is 0 Å². The van der Waals surface area contributed by atoms with E-state index in [2.05, 4.69) is 0 Å². The van der Waals surface area contributed by atoms with Crippen LogP contribution in [-0.4, -0.2) is 59.8 Å². The van der Waals surface area contributed by atoms with Gasteiger partial charge in [-0.2, -0.15) is 0 Å². The maximum Gasteiger partial charge on any atom is 0.236 e. The molecule has 0 aliphatic carbocycles. The van der Waals surface area contributed by atoms with Crippen molar-refractivity contribution in [2.45, 2.75) is 13.3 Å². The first-order chi connectivity index (χ1) is 8.93. The van der Waals surface area contributed by atoms with Gasteiger partial charge in [0.15, 0.2) is 5.78 Å². The Morgan fingerprint density at radius 1 is 1.26 bits per heavy atom. The Balaban J connectivity index is 2.62. The van der Waals surface area contributed by atoms with E-state index in [1.54, 1.807) is 31.3 Å². The van der Waals surface area contributed by atoms with Crippen LogP contribution in [0.1, 0.15) is 23.7 Å². The fourth-order valence-corrected chi connectivity index (χ4v) is 1.83. The van der Waals surface area contributed by atoms with Crippen LogP contribution in [-0.2, 0) is 11.8 Å². The van der Waals surface area contributed by atoms with E-state index in [9.17, 15) is 9.59 Å². The molecule has 5 heteroatoms. The zero-order valence-electron chi connectivity index (χ0n) is 12.2. The average molecular weight is 265 g/mol. The fourth-order valence-electron chi connectivity index (χ4n) is 1.83. The van der Waals surface area contributed by atoms with Crippen LogP contribution in [0.5, 0.6) is 0 Å². The second-order valence-electron chi connectivity index (χ2n) is 4.99. The van der Waals surface area contributed by atoms with Gasteiger partial charge in [-0.15, -0.1) is 0 Å². The molecule has 106 valence electrons. The molecule has 0 radical (unpaired) electrons. The molecule has 1 aromatic rings. The topological polar surface area (TPSA) is 45.6 Å². The van der Waals surface area contributed by atoms with Gasteiger partial charge in [-0.25, -0.2) is 0 Å². The third-order valence-corrected chi connectivity index (χ3v) is 2.92. The summed E-state index contributed by atoms with van der Waals surface area (Å²) in [6, 6.07) is 1.81. The minimum absolute atomic E-state index is 0.0225. The Bertz CT molecular complexity index is 438. The van der Waals surface area contributed by atoms with Crippen molar-refractivity contribution in [1.82, 2.24) is 14.4 Å². The lowest BCUT2D eigenvalue weighted by atomic mass is 10.2. The van der Waals surface area contributed by atoms with Gasteiger partial charge in [-0.3, -0.25) is 14.5 Å². The Kier molecular flexibility index (Phi) is 5.76. The van der Waals surface area contributed by atoms with Crippen molar-refractivity contribution in [3.8, 4) is 0 Å². The lowest BCUT2D eigenvalue weighted by Crippen LogP contribution is -2.39. The van der Waals surface area contributed by atoms with E-state index < -0.39 is 0 Å². The highest BCUT2D eigenvalue weighted by Gasteiger charge is 2.16. The normalized spacial score (nSPS) is 10.8. The van der Waals surface area contributed by atoms with Crippen LogP contribution >= 0.6 is 0 Å². The Labute approximate surface area is 114 Å². The van der Waals surface area contributed by atoms with E-state index >= 15 is 0 Å². The van der Waals surface area contributed by atoms with E-state index in [1.807, 2.05) is 29.6 Å². The number of nitrogens with zero attached hydrogens (tertiary/aromatic N) is 3. The van der Waals surface area contributed by atoms with Gasteiger partial charge in [0.25, 0.3) is 0 Å². The van der Waals surface area contributed by atoms with Gasteiger partial charge in [0, 0.05) is 39.1 Å². The molecule has 0 N–H and O–H groups in total. The number of hydrogen-bond acceptors (Lipinski definition) is 3. The van der Waals surface area contributed by atoms with E-state index in [1.165, 1.54) is 0 Å². The predicted molar refractivity (Wildman–Crippen MR) is 75.2 cm³/mol. The second-order valence-corrected chi connectivity index (χ2v) is 4.99. The fraction of sp³-hybridized carbons (Fsp3) is 0.571. The van der Waals surface area contributed by atoms with E-state index in [4.69, 9.17) is 0 Å². The number of hydrogen-bond donors (Lipinski definition) is 0. The molecule has 0 atom stereocenters. The summed E-state index contributed by atoms with van der Waals surface area (Å²) in [5.41, 5.74) is 0.695. The smallest absolute Gasteiger partial charge is 0.236 e. The number of carbonyl (C=O) groups is 2. The SMILES string of the molecule is CCCN(CC(=O)c1ccn(C)c1)CC(=O)N(C)C. The molecule has 0 fully saturated rings. The molecule has 1 rings (SSSR count). The number of rotatable bonds is 7. The summed E-state index contributed by atoms with van der Waals surface area (Å²) < 4.78 is 1.85. The van der Waals surface area contributed by atoms with E-state index in [0.717, 1.165) is 13.0 Å². The lowest BCUT2D eigenvalue weighted by molar-refractivity contribution is -0.129. The molecule has 0 aliphatic heterocycles. The third kappa shape index (κ3) is 4.87. The second kappa shape index (κ2) is 7.09. The predicted octanol–water partition coefficient (Wildman–Crippen LogP) is 1.01. The molecule has 0 spiro atoms. The molecule has 0 bridgehead atoms. The molecule has 1 heterocycles. The molecule has 0 saturated heterocycles. The number of likely N-dealkylation sites (N-methyl/N-ethyl adjacent to an activating group) is 1. The van der Waals surface area contributed by atoms with Gasteiger partial charge in [0.2, 0.25) is 5.91 Å². The molecular weight excluding hydrogens is 242 g/mol. The van der Waals surface area contributed by atoms with Gasteiger partial charge in [-0.1, -0.05) is 6.92 Å². The first-order valence-corrected chi connectivity index (χ1v) is 6.51. The zero-order chi connectivity index (χ0) is 14.4. The number of carbonyl (C=O) groups excluding carboxylic acids is 2. The quantitative estimate of drug-likeness (QED) is 0.691. The summed E-state index contributed by atoms with van der Waals surface area (Å²) in [6.45, 7) is 3.37. The van der Waals surface area contributed by atoms with Crippen LogP contribution in [0.3, 0.4) is 0 Å².